The third kappa shape index (κ3) is 3.16. The summed E-state index contributed by atoms with van der Waals surface area (Å²) in [5.41, 5.74) is 5.06. The molecule has 1 fully saturated rings. The van der Waals surface area contributed by atoms with Crippen molar-refractivity contribution < 1.29 is 0 Å². The number of hydrogen-bond donors (Lipinski definition) is 3. The van der Waals surface area contributed by atoms with Crippen molar-refractivity contribution in [2.75, 3.05) is 31.1 Å². The monoisotopic (exact) mass is 372 g/mol. The molecule has 0 spiro atoms. The van der Waals surface area contributed by atoms with E-state index in [1.807, 2.05) is 36.4 Å². The van der Waals surface area contributed by atoms with Gasteiger partial charge in [-0.2, -0.15) is 10.1 Å². The van der Waals surface area contributed by atoms with Crippen molar-refractivity contribution >= 4 is 16.6 Å². The number of aromatic nitrogens is 4. The summed E-state index contributed by atoms with van der Waals surface area (Å²) in [4.78, 5) is 21.6. The summed E-state index contributed by atoms with van der Waals surface area (Å²) in [7, 11) is 0. The van der Waals surface area contributed by atoms with Crippen molar-refractivity contribution in [1.82, 2.24) is 25.5 Å². The fourth-order valence-electron chi connectivity index (χ4n) is 3.64. The van der Waals surface area contributed by atoms with Crippen LogP contribution in [0.1, 0.15) is 0 Å². The molecule has 0 bridgehead atoms. The van der Waals surface area contributed by atoms with E-state index in [1.54, 1.807) is 6.20 Å². The molecule has 28 heavy (non-hydrogen) atoms. The maximum atomic E-state index is 12.2. The van der Waals surface area contributed by atoms with Gasteiger partial charge in [-0.1, -0.05) is 18.2 Å². The van der Waals surface area contributed by atoms with Crippen LogP contribution in [0.15, 0.2) is 59.5 Å². The molecule has 7 heteroatoms. The van der Waals surface area contributed by atoms with Gasteiger partial charge in [0.2, 0.25) is 0 Å². The van der Waals surface area contributed by atoms with E-state index < -0.39 is 0 Å². The Morgan fingerprint density at radius 1 is 0.929 bits per heavy atom. The number of anilines is 1. The number of rotatable bonds is 3. The predicted octanol–water partition coefficient (Wildman–Crippen LogP) is 2.39. The van der Waals surface area contributed by atoms with Gasteiger partial charge in [0.05, 0.1) is 23.1 Å². The predicted molar refractivity (Wildman–Crippen MR) is 110 cm³/mol. The highest BCUT2D eigenvalue weighted by Crippen LogP contribution is 2.26. The van der Waals surface area contributed by atoms with Gasteiger partial charge in [0.25, 0.3) is 0 Å². The molecule has 7 nitrogen and oxygen atoms in total. The first-order valence-corrected chi connectivity index (χ1v) is 9.37. The van der Waals surface area contributed by atoms with E-state index >= 15 is 0 Å². The van der Waals surface area contributed by atoms with Gasteiger partial charge in [-0.25, -0.2) is 4.79 Å². The van der Waals surface area contributed by atoms with E-state index in [9.17, 15) is 4.79 Å². The first-order chi connectivity index (χ1) is 13.8. The lowest BCUT2D eigenvalue weighted by Crippen LogP contribution is -2.43. The zero-order chi connectivity index (χ0) is 18.9. The minimum Gasteiger partial charge on any atom is -0.369 e. The van der Waals surface area contributed by atoms with E-state index in [0.717, 1.165) is 53.9 Å². The number of piperazine rings is 1. The van der Waals surface area contributed by atoms with E-state index in [-0.39, 0.29) is 5.69 Å². The highest BCUT2D eigenvalue weighted by molar-refractivity contribution is 5.83. The van der Waals surface area contributed by atoms with Gasteiger partial charge in [-0.3, -0.25) is 5.10 Å². The summed E-state index contributed by atoms with van der Waals surface area (Å²) in [5, 5.41) is 11.3. The lowest BCUT2D eigenvalue weighted by atomic mass is 10.1. The Labute approximate surface area is 161 Å². The largest absolute Gasteiger partial charge is 0.369 e. The molecule has 1 aliphatic heterocycles. The topological polar surface area (TPSA) is 89.7 Å². The summed E-state index contributed by atoms with van der Waals surface area (Å²) in [6.07, 6.45) is 1.77. The van der Waals surface area contributed by atoms with E-state index in [1.165, 1.54) is 5.69 Å². The van der Waals surface area contributed by atoms with Crippen LogP contribution in [0.4, 0.5) is 5.69 Å². The number of hydrogen-bond acceptors (Lipinski definition) is 5. The molecule has 3 heterocycles. The Kier molecular flexibility index (Phi) is 4.14. The Hall–Kier alpha value is -3.45. The van der Waals surface area contributed by atoms with Gasteiger partial charge in [-0.15, -0.1) is 0 Å². The molecular formula is C21H20N6O. The van der Waals surface area contributed by atoms with Gasteiger partial charge in [-0.05, 0) is 35.9 Å². The molecule has 1 aliphatic rings. The molecular weight excluding hydrogens is 352 g/mol. The summed E-state index contributed by atoms with van der Waals surface area (Å²) in [5.74, 6) is 0. The maximum absolute atomic E-state index is 12.2. The average Bonchev–Trinajstić information content (AvgIpc) is 3.22. The molecule has 0 saturated carbocycles. The van der Waals surface area contributed by atoms with Gasteiger partial charge in [0, 0.05) is 42.8 Å². The minimum atomic E-state index is -0.356. The molecule has 1 saturated heterocycles. The lowest BCUT2D eigenvalue weighted by Gasteiger charge is -2.29. The highest BCUT2D eigenvalue weighted by atomic mass is 16.1. The first kappa shape index (κ1) is 16.7. The number of H-pyrrole nitrogens is 2. The summed E-state index contributed by atoms with van der Waals surface area (Å²) in [6.45, 7) is 4.02. The smallest absolute Gasteiger partial charge is 0.345 e. The van der Waals surface area contributed by atoms with E-state index in [2.05, 4.69) is 42.5 Å². The molecule has 140 valence electrons. The molecule has 2 aromatic carbocycles. The van der Waals surface area contributed by atoms with Crippen LogP contribution in [0, 0.1) is 0 Å². The number of fused-ring (bicyclic) bond motifs is 1. The van der Waals surface area contributed by atoms with E-state index in [4.69, 9.17) is 0 Å². The van der Waals surface area contributed by atoms with Crippen LogP contribution < -0.4 is 15.9 Å². The second kappa shape index (κ2) is 6.94. The number of nitrogens with zero attached hydrogens (tertiary/aromatic N) is 3. The number of benzene rings is 2. The third-order valence-electron chi connectivity index (χ3n) is 5.14. The fraction of sp³-hybridized carbons (Fsp3) is 0.190. The second-order valence-electron chi connectivity index (χ2n) is 6.94. The first-order valence-electron chi connectivity index (χ1n) is 9.37. The second-order valence-corrected chi connectivity index (χ2v) is 6.94. The molecule has 0 atom stereocenters. The van der Waals surface area contributed by atoms with Gasteiger partial charge < -0.3 is 15.2 Å². The molecule has 3 N–H and O–H groups in total. The van der Waals surface area contributed by atoms with Crippen LogP contribution in [0.3, 0.4) is 0 Å². The minimum absolute atomic E-state index is 0.356. The lowest BCUT2D eigenvalue weighted by molar-refractivity contribution is 0.589. The molecule has 0 radical (unpaired) electrons. The van der Waals surface area contributed by atoms with Crippen LogP contribution >= 0.6 is 0 Å². The quantitative estimate of drug-likeness (QED) is 0.514. The van der Waals surface area contributed by atoms with Crippen molar-refractivity contribution in [2.24, 2.45) is 0 Å². The normalized spacial score (nSPS) is 14.5. The van der Waals surface area contributed by atoms with E-state index in [0.29, 0.717) is 5.69 Å². The average molecular weight is 372 g/mol. The van der Waals surface area contributed by atoms with Gasteiger partial charge in [0.1, 0.15) is 0 Å². The molecule has 2 aromatic heterocycles. The molecule has 5 rings (SSSR count). The standard InChI is InChI=1S/C21H20N6O/c28-21-24-19(14-1-4-17(5-2-14)27-9-7-22-8-10-27)12-20(25-21)15-3-6-18-16(11-15)13-23-26-18/h1-6,11-13,22H,7-10H2,(H,23,26)(H,24,25,28). The zero-order valence-electron chi connectivity index (χ0n) is 15.3. The highest BCUT2D eigenvalue weighted by Gasteiger charge is 2.11. The Morgan fingerprint density at radius 2 is 1.71 bits per heavy atom. The van der Waals surface area contributed by atoms with Gasteiger partial charge in [0.15, 0.2) is 0 Å². The Bertz CT molecular complexity index is 1170. The molecule has 4 aromatic rings. The van der Waals surface area contributed by atoms with Gasteiger partial charge >= 0.3 is 5.69 Å². The van der Waals surface area contributed by atoms with Crippen LogP contribution in [-0.4, -0.2) is 46.3 Å². The molecule has 0 amide bonds. The van der Waals surface area contributed by atoms with Crippen LogP contribution in [0.2, 0.25) is 0 Å². The Morgan fingerprint density at radius 3 is 2.54 bits per heavy atom. The summed E-state index contributed by atoms with van der Waals surface area (Å²) in [6, 6.07) is 16.1. The summed E-state index contributed by atoms with van der Waals surface area (Å²) < 4.78 is 0. The van der Waals surface area contributed by atoms with Crippen LogP contribution in [0.25, 0.3) is 33.4 Å². The van der Waals surface area contributed by atoms with Crippen LogP contribution in [-0.2, 0) is 0 Å². The van der Waals surface area contributed by atoms with Crippen molar-refractivity contribution in [3.05, 3.63) is 65.2 Å². The fourth-order valence-corrected chi connectivity index (χ4v) is 3.64. The van der Waals surface area contributed by atoms with Crippen LogP contribution in [0.5, 0.6) is 0 Å². The SMILES string of the molecule is O=c1nc(-c2ccc3[nH]ncc3c2)cc(-c2ccc(N3CCNCC3)cc2)[nH]1. The number of nitrogens with one attached hydrogen (secondary N) is 3. The molecule has 0 aliphatic carbocycles. The Balaban J connectivity index is 1.49. The van der Waals surface area contributed by atoms with Crippen molar-refractivity contribution in [3.63, 3.8) is 0 Å². The van der Waals surface area contributed by atoms with Crippen molar-refractivity contribution in [3.8, 4) is 22.5 Å². The zero-order valence-corrected chi connectivity index (χ0v) is 15.3. The maximum Gasteiger partial charge on any atom is 0.345 e. The van der Waals surface area contributed by atoms with Crippen molar-refractivity contribution in [2.45, 2.75) is 0 Å². The summed E-state index contributed by atoms with van der Waals surface area (Å²) >= 11 is 0. The van der Waals surface area contributed by atoms with Crippen molar-refractivity contribution in [1.29, 1.82) is 0 Å². The third-order valence-corrected chi connectivity index (χ3v) is 5.14. The molecule has 0 unspecified atom stereocenters. The number of aromatic amines is 2.